The number of carbonyl (C=O) groups is 4. The molecule has 0 bridgehead atoms. The highest BCUT2D eigenvalue weighted by Gasteiger charge is 2.62. The summed E-state index contributed by atoms with van der Waals surface area (Å²) in [6.07, 6.45) is 3.14. The van der Waals surface area contributed by atoms with Crippen molar-refractivity contribution in [1.82, 2.24) is 15.1 Å². The molecular formula is C25H32N4O8. The van der Waals surface area contributed by atoms with Gasteiger partial charge in [0, 0.05) is 32.1 Å². The minimum absolute atomic E-state index is 0.00974. The largest absolute Gasteiger partial charge is 0.464 e. The van der Waals surface area contributed by atoms with Crippen molar-refractivity contribution in [3.8, 4) is 0 Å². The van der Waals surface area contributed by atoms with Crippen LogP contribution in [-0.2, 0) is 19.1 Å². The molecule has 0 spiro atoms. The molecule has 1 aliphatic carbocycles. The second kappa shape index (κ2) is 10.7. The van der Waals surface area contributed by atoms with E-state index in [1.807, 2.05) is 0 Å². The Bertz CT molecular complexity index is 1080. The Morgan fingerprint density at radius 2 is 1.92 bits per heavy atom. The van der Waals surface area contributed by atoms with Gasteiger partial charge in [-0.15, -0.1) is 0 Å². The lowest BCUT2D eigenvalue weighted by Crippen LogP contribution is -2.55. The number of hydrogen-bond donors (Lipinski definition) is 1. The Labute approximate surface area is 214 Å². The third-order valence-corrected chi connectivity index (χ3v) is 7.36. The molecule has 2 saturated heterocycles. The van der Waals surface area contributed by atoms with Gasteiger partial charge in [0.15, 0.2) is 0 Å². The van der Waals surface area contributed by atoms with Crippen LogP contribution in [0.15, 0.2) is 24.3 Å². The van der Waals surface area contributed by atoms with E-state index in [0.29, 0.717) is 13.0 Å². The molecule has 3 amide bonds. The monoisotopic (exact) mass is 516 g/mol. The maximum Gasteiger partial charge on any atom is 0.338 e. The van der Waals surface area contributed by atoms with Crippen molar-refractivity contribution in [1.29, 1.82) is 0 Å². The lowest BCUT2D eigenvalue weighted by Gasteiger charge is -2.29. The highest BCUT2D eigenvalue weighted by Crippen LogP contribution is 2.48. The van der Waals surface area contributed by atoms with Crippen molar-refractivity contribution in [2.75, 3.05) is 26.7 Å². The topological polar surface area (TPSA) is 148 Å². The molecule has 12 nitrogen and oxygen atoms in total. The quantitative estimate of drug-likeness (QED) is 0.356. The second-order valence-corrected chi connectivity index (χ2v) is 9.87. The van der Waals surface area contributed by atoms with Gasteiger partial charge in [-0.2, -0.15) is 0 Å². The van der Waals surface area contributed by atoms with Crippen LogP contribution in [0.4, 0.5) is 10.5 Å². The number of nitrogens with one attached hydrogen (secondary N) is 1. The highest BCUT2D eigenvalue weighted by molar-refractivity contribution is 5.95. The van der Waals surface area contributed by atoms with Gasteiger partial charge in [0.05, 0.1) is 23.6 Å². The van der Waals surface area contributed by atoms with E-state index in [0.717, 1.165) is 25.7 Å². The Kier molecular flexibility index (Phi) is 7.65. The maximum absolute atomic E-state index is 13.5. The zero-order valence-electron chi connectivity index (χ0n) is 21.0. The fraction of sp³-hybridized carbons (Fsp3) is 0.600. The summed E-state index contributed by atoms with van der Waals surface area (Å²) in [6, 6.07) is 3.72. The third kappa shape index (κ3) is 5.52. The SMILES string of the molecule is CCOC(=O)[C@@]12C[C@H]1CCCCCN(C)C(=O)N1C[C@@H](OC(=O)c3ccc([N+](=O)[O-])cc3)C[C@H]1C(=O)N2. The van der Waals surface area contributed by atoms with Crippen molar-refractivity contribution in [2.45, 2.75) is 63.1 Å². The molecule has 12 heteroatoms. The summed E-state index contributed by atoms with van der Waals surface area (Å²) in [7, 11) is 1.67. The zero-order chi connectivity index (χ0) is 26.7. The number of fused-ring (bicyclic) bond motifs is 2. The number of ether oxygens (including phenoxy) is 2. The normalized spacial score (nSPS) is 28.0. The molecule has 0 aromatic heterocycles. The molecule has 0 unspecified atom stereocenters. The number of nitro groups is 1. The zero-order valence-corrected chi connectivity index (χ0v) is 21.0. The molecule has 200 valence electrons. The van der Waals surface area contributed by atoms with Gasteiger partial charge in [-0.3, -0.25) is 14.9 Å². The molecule has 3 fully saturated rings. The van der Waals surface area contributed by atoms with E-state index in [1.54, 1.807) is 18.9 Å². The number of rotatable bonds is 5. The van der Waals surface area contributed by atoms with E-state index >= 15 is 0 Å². The first-order chi connectivity index (χ1) is 17.7. The van der Waals surface area contributed by atoms with Gasteiger partial charge in [-0.05, 0) is 44.2 Å². The van der Waals surface area contributed by atoms with E-state index < -0.39 is 40.5 Å². The summed E-state index contributed by atoms with van der Waals surface area (Å²) in [5.74, 6) is -1.67. The van der Waals surface area contributed by atoms with Crippen LogP contribution in [0.5, 0.6) is 0 Å². The minimum Gasteiger partial charge on any atom is -0.464 e. The average molecular weight is 517 g/mol. The van der Waals surface area contributed by atoms with Gasteiger partial charge in [0.25, 0.3) is 5.69 Å². The number of urea groups is 1. The first-order valence-electron chi connectivity index (χ1n) is 12.6. The summed E-state index contributed by atoms with van der Waals surface area (Å²) < 4.78 is 10.9. The Hall–Kier alpha value is -3.70. The molecule has 1 saturated carbocycles. The smallest absolute Gasteiger partial charge is 0.338 e. The van der Waals surface area contributed by atoms with Crippen LogP contribution < -0.4 is 5.32 Å². The standard InChI is InChI=1S/C25H32N4O8/c1-3-36-23(32)25-14-17(25)7-5-4-6-12-27(2)24(33)28-15-19(13-20(28)21(30)26-25)37-22(31)16-8-10-18(11-9-16)29(34)35/h8-11,17,19-20H,3-7,12-15H2,1-2H3,(H,26,30)/t17-,19+,20+,25-/m1/s1. The molecule has 3 aliphatic rings. The molecule has 1 aromatic carbocycles. The lowest BCUT2D eigenvalue weighted by molar-refractivity contribution is -0.384. The number of esters is 2. The van der Waals surface area contributed by atoms with Gasteiger partial charge >= 0.3 is 18.0 Å². The van der Waals surface area contributed by atoms with Crippen LogP contribution in [0.2, 0.25) is 0 Å². The molecule has 1 aromatic rings. The third-order valence-electron chi connectivity index (χ3n) is 7.36. The van der Waals surface area contributed by atoms with Crippen molar-refractivity contribution >= 4 is 29.6 Å². The van der Waals surface area contributed by atoms with Crippen molar-refractivity contribution in [2.24, 2.45) is 5.92 Å². The summed E-state index contributed by atoms with van der Waals surface area (Å²) in [5.41, 5.74) is -1.12. The predicted octanol–water partition coefficient (Wildman–Crippen LogP) is 2.26. The van der Waals surface area contributed by atoms with E-state index in [2.05, 4.69) is 5.32 Å². The fourth-order valence-corrected chi connectivity index (χ4v) is 5.21. The first kappa shape index (κ1) is 26.4. The molecule has 4 rings (SSSR count). The number of carbonyl (C=O) groups excluding carboxylic acids is 4. The Morgan fingerprint density at radius 3 is 2.59 bits per heavy atom. The second-order valence-electron chi connectivity index (χ2n) is 9.87. The Morgan fingerprint density at radius 1 is 1.19 bits per heavy atom. The molecule has 4 atom stereocenters. The van der Waals surface area contributed by atoms with Crippen LogP contribution in [0.3, 0.4) is 0 Å². The lowest BCUT2D eigenvalue weighted by atomic mass is 10.1. The van der Waals surface area contributed by atoms with E-state index in [9.17, 15) is 29.3 Å². The van der Waals surface area contributed by atoms with Gasteiger partial charge in [0.2, 0.25) is 5.91 Å². The van der Waals surface area contributed by atoms with Gasteiger partial charge in [-0.25, -0.2) is 14.4 Å². The highest BCUT2D eigenvalue weighted by atomic mass is 16.6. The number of benzene rings is 1. The number of hydrogen-bond acceptors (Lipinski definition) is 8. The molecule has 37 heavy (non-hydrogen) atoms. The van der Waals surface area contributed by atoms with Crippen molar-refractivity contribution < 1.29 is 33.6 Å². The van der Waals surface area contributed by atoms with Crippen LogP contribution in [-0.4, -0.2) is 83.0 Å². The number of nitrogens with zero attached hydrogens (tertiary/aromatic N) is 3. The van der Waals surface area contributed by atoms with E-state index in [1.165, 1.54) is 29.2 Å². The number of amides is 3. The minimum atomic E-state index is -1.09. The molecular weight excluding hydrogens is 484 g/mol. The maximum atomic E-state index is 13.5. The summed E-state index contributed by atoms with van der Waals surface area (Å²) in [6.45, 7) is 2.44. The van der Waals surface area contributed by atoms with Crippen LogP contribution in [0.25, 0.3) is 0 Å². The summed E-state index contributed by atoms with van der Waals surface area (Å²) in [4.78, 5) is 65.5. The van der Waals surface area contributed by atoms with Crippen molar-refractivity contribution in [3.05, 3.63) is 39.9 Å². The van der Waals surface area contributed by atoms with Crippen LogP contribution in [0, 0.1) is 16.0 Å². The van der Waals surface area contributed by atoms with Gasteiger partial charge in [-0.1, -0.05) is 12.8 Å². The summed E-state index contributed by atoms with van der Waals surface area (Å²) in [5, 5.41) is 13.8. The predicted molar refractivity (Wildman–Crippen MR) is 130 cm³/mol. The summed E-state index contributed by atoms with van der Waals surface area (Å²) >= 11 is 0. The van der Waals surface area contributed by atoms with E-state index in [-0.39, 0.29) is 42.8 Å². The Balaban J connectivity index is 1.52. The number of non-ortho nitro benzene ring substituents is 1. The number of nitro benzene ring substituents is 1. The first-order valence-corrected chi connectivity index (χ1v) is 12.6. The molecule has 2 aliphatic heterocycles. The van der Waals surface area contributed by atoms with Crippen LogP contribution in [0.1, 0.15) is 55.8 Å². The van der Waals surface area contributed by atoms with Gasteiger partial charge < -0.3 is 24.6 Å². The van der Waals surface area contributed by atoms with E-state index in [4.69, 9.17) is 9.47 Å². The van der Waals surface area contributed by atoms with Crippen LogP contribution >= 0.6 is 0 Å². The fourth-order valence-electron chi connectivity index (χ4n) is 5.21. The van der Waals surface area contributed by atoms with Crippen molar-refractivity contribution in [3.63, 3.8) is 0 Å². The molecule has 2 heterocycles. The molecule has 1 N–H and O–H groups in total. The van der Waals surface area contributed by atoms with Gasteiger partial charge in [0.1, 0.15) is 17.7 Å². The molecule has 0 radical (unpaired) electrons. The average Bonchev–Trinajstić information content (AvgIpc) is 3.40.